The van der Waals surface area contributed by atoms with Crippen LogP contribution in [-0.2, 0) is 14.2 Å². The van der Waals surface area contributed by atoms with Gasteiger partial charge in [0.25, 0.3) is 0 Å². The van der Waals surface area contributed by atoms with Crippen LogP contribution in [0.2, 0.25) is 0 Å². The van der Waals surface area contributed by atoms with Gasteiger partial charge in [-0.3, -0.25) is 4.90 Å². The Morgan fingerprint density at radius 3 is 1.38 bits per heavy atom. The predicted octanol–water partition coefficient (Wildman–Crippen LogP) is 2.00. The third kappa shape index (κ3) is 5.90. The highest BCUT2D eigenvalue weighted by atomic mass is 16.6. The molecule has 5 rings (SSSR count). The Kier molecular flexibility index (Phi) is 5.53. The molecular weight excluding hydrogens is 328 g/mol. The van der Waals surface area contributed by atoms with Crippen molar-refractivity contribution in [2.75, 3.05) is 59.1 Å². The first kappa shape index (κ1) is 17.9. The molecule has 2 aliphatic carbocycles. The van der Waals surface area contributed by atoms with E-state index < -0.39 is 0 Å². The van der Waals surface area contributed by atoms with Crippen molar-refractivity contribution in [3.05, 3.63) is 0 Å². The lowest BCUT2D eigenvalue weighted by atomic mass is 9.80. The summed E-state index contributed by atoms with van der Waals surface area (Å²) in [6.45, 7) is 10.2. The van der Waals surface area contributed by atoms with Crippen molar-refractivity contribution >= 4 is 0 Å². The lowest BCUT2D eigenvalue weighted by Gasteiger charge is -2.35. The standard InChI is InChI=1S/C21H36N2O3/c1-2-17(8-22(7-16-4-5-16)10-19-13-24-19)6-18(3-1)9-23(11-20-14-25-20)12-21-15-26-21/h16-21H,1-15H2. The highest BCUT2D eigenvalue weighted by Gasteiger charge is 2.34. The number of ether oxygens (including phenoxy) is 3. The summed E-state index contributed by atoms with van der Waals surface area (Å²) in [4.78, 5) is 5.39. The molecule has 3 aliphatic heterocycles. The zero-order chi connectivity index (χ0) is 17.3. The van der Waals surface area contributed by atoms with Crippen molar-refractivity contribution in [3.63, 3.8) is 0 Å². The van der Waals surface area contributed by atoms with Crippen molar-refractivity contribution in [1.29, 1.82) is 0 Å². The van der Waals surface area contributed by atoms with Crippen LogP contribution in [0.5, 0.6) is 0 Å². The van der Waals surface area contributed by atoms with Crippen LogP contribution in [0.3, 0.4) is 0 Å². The molecule has 0 aromatic carbocycles. The van der Waals surface area contributed by atoms with Gasteiger partial charge in [0.2, 0.25) is 0 Å². The first-order valence-electron chi connectivity index (χ1n) is 11.1. The monoisotopic (exact) mass is 364 g/mol. The molecule has 5 unspecified atom stereocenters. The molecule has 5 nitrogen and oxygen atoms in total. The third-order valence-corrected chi connectivity index (χ3v) is 6.73. The molecule has 5 atom stereocenters. The fraction of sp³-hybridized carbons (Fsp3) is 1.00. The van der Waals surface area contributed by atoms with Crippen molar-refractivity contribution < 1.29 is 14.2 Å². The highest BCUT2D eigenvalue weighted by molar-refractivity contribution is 4.86. The van der Waals surface area contributed by atoms with Crippen LogP contribution in [-0.4, -0.2) is 87.2 Å². The van der Waals surface area contributed by atoms with Gasteiger partial charge >= 0.3 is 0 Å². The van der Waals surface area contributed by atoms with Gasteiger partial charge in [-0.15, -0.1) is 0 Å². The van der Waals surface area contributed by atoms with Crippen molar-refractivity contribution in [3.8, 4) is 0 Å². The Morgan fingerprint density at radius 1 is 0.538 bits per heavy atom. The van der Waals surface area contributed by atoms with Crippen LogP contribution in [0, 0.1) is 17.8 Å². The quantitative estimate of drug-likeness (QED) is 0.496. The minimum absolute atomic E-state index is 0.501. The molecule has 0 N–H and O–H groups in total. The van der Waals surface area contributed by atoms with Gasteiger partial charge in [-0.25, -0.2) is 0 Å². The molecule has 5 fully saturated rings. The summed E-state index contributed by atoms with van der Waals surface area (Å²) in [6, 6.07) is 0. The molecule has 0 aromatic rings. The van der Waals surface area contributed by atoms with Gasteiger partial charge in [-0.1, -0.05) is 6.42 Å². The second-order valence-electron chi connectivity index (χ2n) is 9.65. The fourth-order valence-corrected chi connectivity index (χ4v) is 4.96. The lowest BCUT2D eigenvalue weighted by Crippen LogP contribution is -2.40. The van der Waals surface area contributed by atoms with Crippen LogP contribution in [0.25, 0.3) is 0 Å². The normalized spacial score (nSPS) is 38.8. The van der Waals surface area contributed by atoms with E-state index in [1.54, 1.807) is 0 Å². The number of epoxide rings is 3. The van der Waals surface area contributed by atoms with E-state index in [-0.39, 0.29) is 0 Å². The van der Waals surface area contributed by atoms with Gasteiger partial charge in [0.15, 0.2) is 0 Å². The molecule has 0 bridgehead atoms. The lowest BCUT2D eigenvalue weighted by molar-refractivity contribution is 0.127. The van der Waals surface area contributed by atoms with Crippen LogP contribution in [0.15, 0.2) is 0 Å². The summed E-state index contributed by atoms with van der Waals surface area (Å²) in [7, 11) is 0. The molecule has 5 heteroatoms. The molecule has 0 radical (unpaired) electrons. The fourth-order valence-electron chi connectivity index (χ4n) is 4.96. The minimum Gasteiger partial charge on any atom is -0.372 e. The molecule has 0 amide bonds. The summed E-state index contributed by atoms with van der Waals surface area (Å²) < 4.78 is 16.5. The van der Waals surface area contributed by atoms with Crippen LogP contribution in [0.1, 0.15) is 38.5 Å². The van der Waals surface area contributed by atoms with Crippen molar-refractivity contribution in [1.82, 2.24) is 9.80 Å². The van der Waals surface area contributed by atoms with Gasteiger partial charge < -0.3 is 19.1 Å². The second-order valence-corrected chi connectivity index (χ2v) is 9.65. The van der Waals surface area contributed by atoms with E-state index in [2.05, 4.69) is 9.80 Å². The predicted molar refractivity (Wildman–Crippen MR) is 100 cm³/mol. The molecule has 0 aromatic heterocycles. The van der Waals surface area contributed by atoms with E-state index in [1.807, 2.05) is 0 Å². The summed E-state index contributed by atoms with van der Waals surface area (Å²) in [5.41, 5.74) is 0. The Morgan fingerprint density at radius 2 is 0.962 bits per heavy atom. The molecule has 3 saturated heterocycles. The van der Waals surface area contributed by atoms with E-state index in [1.165, 1.54) is 64.7 Å². The van der Waals surface area contributed by atoms with Gasteiger partial charge in [-0.05, 0) is 49.9 Å². The minimum atomic E-state index is 0.501. The average molecular weight is 365 g/mol. The smallest absolute Gasteiger partial charge is 0.0936 e. The van der Waals surface area contributed by atoms with E-state index in [0.717, 1.165) is 50.7 Å². The van der Waals surface area contributed by atoms with E-state index in [0.29, 0.717) is 18.3 Å². The number of nitrogens with zero attached hydrogens (tertiary/aromatic N) is 2. The third-order valence-electron chi connectivity index (χ3n) is 6.73. The van der Waals surface area contributed by atoms with Crippen molar-refractivity contribution in [2.24, 2.45) is 17.8 Å². The van der Waals surface area contributed by atoms with Gasteiger partial charge in [0.1, 0.15) is 0 Å². The van der Waals surface area contributed by atoms with E-state index in [9.17, 15) is 0 Å². The van der Waals surface area contributed by atoms with E-state index in [4.69, 9.17) is 14.2 Å². The molecule has 5 aliphatic rings. The SMILES string of the molecule is C1CC(CN(CC2CC2)CC2CO2)CC(CN(CC2CO2)CC2CO2)C1. The molecule has 3 heterocycles. The molecular formula is C21H36N2O3. The molecule has 26 heavy (non-hydrogen) atoms. The van der Waals surface area contributed by atoms with Gasteiger partial charge in [0.05, 0.1) is 38.1 Å². The Labute approximate surface area is 158 Å². The molecule has 2 saturated carbocycles. The maximum Gasteiger partial charge on any atom is 0.0936 e. The zero-order valence-electron chi connectivity index (χ0n) is 16.2. The summed E-state index contributed by atoms with van der Waals surface area (Å²) in [5, 5.41) is 0. The number of hydrogen-bond acceptors (Lipinski definition) is 5. The summed E-state index contributed by atoms with van der Waals surface area (Å²) in [6.07, 6.45) is 10.1. The Bertz CT molecular complexity index is 392. The average Bonchev–Trinajstić information content (AvgIpc) is 3.40. The van der Waals surface area contributed by atoms with Gasteiger partial charge in [-0.2, -0.15) is 0 Å². The topological polar surface area (TPSA) is 44.1 Å². The number of hydrogen-bond donors (Lipinski definition) is 0. The summed E-state index contributed by atoms with van der Waals surface area (Å²) >= 11 is 0. The maximum absolute atomic E-state index is 5.52. The number of rotatable bonds is 12. The summed E-state index contributed by atoms with van der Waals surface area (Å²) in [5.74, 6) is 2.74. The second kappa shape index (κ2) is 8.04. The Hall–Kier alpha value is -0.200. The van der Waals surface area contributed by atoms with Gasteiger partial charge in [0, 0.05) is 39.3 Å². The molecule has 0 spiro atoms. The molecule has 148 valence electrons. The first-order valence-corrected chi connectivity index (χ1v) is 11.1. The zero-order valence-corrected chi connectivity index (χ0v) is 16.2. The van der Waals surface area contributed by atoms with Crippen molar-refractivity contribution in [2.45, 2.75) is 56.8 Å². The van der Waals surface area contributed by atoms with Crippen LogP contribution >= 0.6 is 0 Å². The maximum atomic E-state index is 5.52. The van der Waals surface area contributed by atoms with Crippen LogP contribution < -0.4 is 0 Å². The highest BCUT2D eigenvalue weighted by Crippen LogP contribution is 2.34. The Balaban J connectivity index is 1.10. The largest absolute Gasteiger partial charge is 0.372 e. The van der Waals surface area contributed by atoms with Crippen LogP contribution in [0.4, 0.5) is 0 Å². The first-order chi connectivity index (χ1) is 12.8. The van der Waals surface area contributed by atoms with E-state index >= 15 is 0 Å².